The van der Waals surface area contributed by atoms with Crippen molar-refractivity contribution in [1.29, 1.82) is 5.26 Å². The third kappa shape index (κ3) is 4.08. The summed E-state index contributed by atoms with van der Waals surface area (Å²) < 4.78 is 24.4. The molecule has 0 aliphatic rings. The first-order valence-corrected chi connectivity index (χ1v) is 9.82. The van der Waals surface area contributed by atoms with Crippen LogP contribution in [0.2, 0.25) is 0 Å². The van der Waals surface area contributed by atoms with Gasteiger partial charge in [-0.2, -0.15) is 5.26 Å². The van der Waals surface area contributed by atoms with Crippen LogP contribution in [0.4, 0.5) is 0 Å². The number of hydrogen-bond acceptors (Lipinski definition) is 4. The molecule has 0 aliphatic carbocycles. The van der Waals surface area contributed by atoms with Crippen molar-refractivity contribution in [3.8, 4) is 6.07 Å². The number of nitrogens with zero attached hydrogens (tertiary/aromatic N) is 1. The molecule has 2 rings (SSSR count). The summed E-state index contributed by atoms with van der Waals surface area (Å²) in [5.41, 5.74) is 1.54. The first kappa shape index (κ1) is 17.4. The van der Waals surface area contributed by atoms with Crippen molar-refractivity contribution in [2.45, 2.75) is 20.0 Å². The predicted octanol–water partition coefficient (Wildman–Crippen LogP) is 5.08. The average molecular weight is 429 g/mol. The van der Waals surface area contributed by atoms with Crippen LogP contribution in [0, 0.1) is 14.9 Å². The molecule has 0 aliphatic heterocycles. The molecule has 0 amide bonds. The van der Waals surface area contributed by atoms with Crippen LogP contribution >= 0.6 is 30.2 Å². The van der Waals surface area contributed by atoms with Gasteiger partial charge in [0.25, 0.3) is 0 Å². The van der Waals surface area contributed by atoms with Gasteiger partial charge in [-0.3, -0.25) is 4.57 Å². The fourth-order valence-electron chi connectivity index (χ4n) is 2.28. The number of fused-ring (bicyclic) bond motifs is 1. The fraction of sp³-hybridized carbons (Fsp3) is 0.312. The lowest BCUT2D eigenvalue weighted by Gasteiger charge is -2.17. The molecular formula is C16H17INO3P. The maximum absolute atomic E-state index is 12.6. The molecule has 0 bridgehead atoms. The van der Waals surface area contributed by atoms with Crippen LogP contribution in [0.1, 0.15) is 25.0 Å². The van der Waals surface area contributed by atoms with E-state index in [2.05, 4.69) is 28.7 Å². The second-order valence-corrected chi connectivity index (χ2v) is 7.95. The highest BCUT2D eigenvalue weighted by Gasteiger charge is 2.24. The molecule has 0 saturated carbocycles. The Kier molecular flexibility index (Phi) is 5.99. The van der Waals surface area contributed by atoms with Crippen LogP contribution in [0.15, 0.2) is 30.3 Å². The Morgan fingerprint density at radius 3 is 2.45 bits per heavy atom. The SMILES string of the molecule is CCOP(=O)(Cc1cc(I)c2cc(C#N)ccc2c1)OCC. The number of benzene rings is 2. The van der Waals surface area contributed by atoms with E-state index in [-0.39, 0.29) is 6.16 Å². The Morgan fingerprint density at radius 2 is 1.86 bits per heavy atom. The van der Waals surface area contributed by atoms with Crippen LogP contribution in [-0.4, -0.2) is 13.2 Å². The Morgan fingerprint density at radius 1 is 1.18 bits per heavy atom. The van der Waals surface area contributed by atoms with E-state index in [0.29, 0.717) is 18.8 Å². The van der Waals surface area contributed by atoms with E-state index in [1.807, 2.05) is 24.3 Å². The van der Waals surface area contributed by atoms with Crippen molar-refractivity contribution < 1.29 is 13.6 Å². The van der Waals surface area contributed by atoms with E-state index in [0.717, 1.165) is 19.9 Å². The quantitative estimate of drug-likeness (QED) is 0.475. The van der Waals surface area contributed by atoms with E-state index >= 15 is 0 Å². The first-order chi connectivity index (χ1) is 10.5. The van der Waals surface area contributed by atoms with Gasteiger partial charge >= 0.3 is 7.60 Å². The molecule has 6 heteroatoms. The van der Waals surface area contributed by atoms with Crippen LogP contribution in [0.3, 0.4) is 0 Å². The van der Waals surface area contributed by atoms with Crippen LogP contribution in [-0.2, 0) is 19.8 Å². The summed E-state index contributed by atoms with van der Waals surface area (Å²) in [5.74, 6) is 0. The minimum absolute atomic E-state index is 0.251. The molecule has 0 N–H and O–H groups in total. The van der Waals surface area contributed by atoms with Crippen molar-refractivity contribution in [2.24, 2.45) is 0 Å². The molecule has 0 heterocycles. The zero-order chi connectivity index (χ0) is 16.2. The number of nitriles is 1. The van der Waals surface area contributed by atoms with Gasteiger partial charge in [0, 0.05) is 3.57 Å². The average Bonchev–Trinajstić information content (AvgIpc) is 2.47. The zero-order valence-electron chi connectivity index (χ0n) is 12.5. The highest BCUT2D eigenvalue weighted by atomic mass is 127. The highest BCUT2D eigenvalue weighted by Crippen LogP contribution is 2.51. The number of hydrogen-bond donors (Lipinski definition) is 0. The second kappa shape index (κ2) is 7.56. The smallest absolute Gasteiger partial charge is 0.309 e. The monoisotopic (exact) mass is 429 g/mol. The van der Waals surface area contributed by atoms with E-state index < -0.39 is 7.60 Å². The molecule has 0 spiro atoms. The lowest BCUT2D eigenvalue weighted by molar-refractivity contribution is 0.219. The van der Waals surface area contributed by atoms with Gasteiger partial charge in [0.2, 0.25) is 0 Å². The van der Waals surface area contributed by atoms with Gasteiger partial charge in [-0.1, -0.05) is 12.1 Å². The van der Waals surface area contributed by atoms with E-state index in [4.69, 9.17) is 14.3 Å². The molecule has 0 radical (unpaired) electrons. The Bertz CT molecular complexity index is 760. The minimum atomic E-state index is -3.11. The van der Waals surface area contributed by atoms with Gasteiger partial charge in [-0.05, 0) is 71.0 Å². The van der Waals surface area contributed by atoms with E-state index in [9.17, 15) is 4.57 Å². The molecule has 0 saturated heterocycles. The predicted molar refractivity (Wildman–Crippen MR) is 95.9 cm³/mol. The second-order valence-electron chi connectivity index (χ2n) is 4.73. The summed E-state index contributed by atoms with van der Waals surface area (Å²) in [5, 5.41) is 11.0. The molecule has 0 aromatic heterocycles. The van der Waals surface area contributed by atoms with Crippen LogP contribution in [0.25, 0.3) is 10.8 Å². The van der Waals surface area contributed by atoms with Crippen molar-refractivity contribution in [3.63, 3.8) is 0 Å². The van der Waals surface area contributed by atoms with Crippen LogP contribution < -0.4 is 0 Å². The lowest BCUT2D eigenvalue weighted by Crippen LogP contribution is -1.99. The zero-order valence-corrected chi connectivity index (χ0v) is 15.6. The van der Waals surface area contributed by atoms with E-state index in [1.54, 1.807) is 19.9 Å². The third-order valence-electron chi connectivity index (χ3n) is 3.12. The summed E-state index contributed by atoms with van der Waals surface area (Å²) in [6, 6.07) is 11.6. The van der Waals surface area contributed by atoms with Crippen molar-refractivity contribution in [3.05, 3.63) is 45.0 Å². The van der Waals surface area contributed by atoms with Gasteiger partial charge in [0.1, 0.15) is 0 Å². The highest BCUT2D eigenvalue weighted by molar-refractivity contribution is 14.1. The minimum Gasteiger partial charge on any atom is -0.309 e. The van der Waals surface area contributed by atoms with Gasteiger partial charge < -0.3 is 9.05 Å². The van der Waals surface area contributed by atoms with Crippen molar-refractivity contribution >= 4 is 41.0 Å². The number of halogens is 1. The topological polar surface area (TPSA) is 59.3 Å². The molecule has 2 aromatic carbocycles. The summed E-state index contributed by atoms with van der Waals surface area (Å²) >= 11 is 2.23. The maximum Gasteiger partial charge on any atom is 0.335 e. The fourth-order valence-corrected chi connectivity index (χ4v) is 4.82. The molecule has 116 valence electrons. The standard InChI is InChI=1S/C16H17INO3P/c1-3-20-22(19,21-4-2)11-13-7-14-6-5-12(10-18)8-15(14)16(17)9-13/h5-9H,3-4,11H2,1-2H3. The Balaban J connectivity index is 2.41. The molecule has 22 heavy (non-hydrogen) atoms. The van der Waals surface area contributed by atoms with Crippen molar-refractivity contribution in [1.82, 2.24) is 0 Å². The summed E-state index contributed by atoms with van der Waals surface area (Å²) in [7, 11) is -3.11. The molecule has 0 unspecified atom stereocenters. The molecule has 4 nitrogen and oxygen atoms in total. The van der Waals surface area contributed by atoms with Gasteiger partial charge in [0.15, 0.2) is 0 Å². The first-order valence-electron chi connectivity index (χ1n) is 7.01. The maximum atomic E-state index is 12.6. The molecule has 0 atom stereocenters. The molecule has 2 aromatic rings. The normalized spacial score (nSPS) is 11.5. The summed E-state index contributed by atoms with van der Waals surface area (Å²) in [6.07, 6.45) is 0.251. The third-order valence-corrected chi connectivity index (χ3v) is 6.07. The summed E-state index contributed by atoms with van der Waals surface area (Å²) in [6.45, 7) is 4.32. The lowest BCUT2D eigenvalue weighted by atomic mass is 10.1. The number of rotatable bonds is 6. The Labute approximate surface area is 144 Å². The molecule has 0 fully saturated rings. The van der Waals surface area contributed by atoms with Gasteiger partial charge in [0.05, 0.1) is 31.0 Å². The molecular weight excluding hydrogens is 412 g/mol. The van der Waals surface area contributed by atoms with Gasteiger partial charge in [-0.15, -0.1) is 0 Å². The van der Waals surface area contributed by atoms with Gasteiger partial charge in [-0.25, -0.2) is 0 Å². The van der Waals surface area contributed by atoms with Crippen LogP contribution in [0.5, 0.6) is 0 Å². The largest absolute Gasteiger partial charge is 0.335 e. The van der Waals surface area contributed by atoms with E-state index in [1.165, 1.54) is 0 Å². The Hall–Kier alpha value is -0.930. The van der Waals surface area contributed by atoms with Crippen molar-refractivity contribution in [2.75, 3.05) is 13.2 Å². The summed E-state index contributed by atoms with van der Waals surface area (Å²) in [4.78, 5) is 0.